The first-order chi connectivity index (χ1) is 10.5. The quantitative estimate of drug-likeness (QED) is 0.838. The van der Waals surface area contributed by atoms with Crippen LogP contribution >= 0.6 is 0 Å². The van der Waals surface area contributed by atoms with E-state index >= 15 is 0 Å². The Labute approximate surface area is 134 Å². The minimum Gasteiger partial charge on any atom is -0.378 e. The fourth-order valence-electron chi connectivity index (χ4n) is 3.06. The zero-order chi connectivity index (χ0) is 16.1. The van der Waals surface area contributed by atoms with Gasteiger partial charge in [0.1, 0.15) is 6.04 Å². The van der Waals surface area contributed by atoms with Gasteiger partial charge in [-0.25, -0.2) is 0 Å². The molecule has 2 rings (SSSR count). The molecule has 0 bridgehead atoms. The van der Waals surface area contributed by atoms with Crippen molar-refractivity contribution in [3.63, 3.8) is 0 Å². The molecule has 1 heterocycles. The Morgan fingerprint density at radius 2 is 1.86 bits per heavy atom. The van der Waals surface area contributed by atoms with Gasteiger partial charge in [-0.3, -0.25) is 9.69 Å². The number of likely N-dealkylation sites (N-methyl/N-ethyl adjacent to an activating group) is 1. The number of ether oxygens (including phenoxy) is 1. The maximum absolute atomic E-state index is 12.9. The summed E-state index contributed by atoms with van der Waals surface area (Å²) in [5.41, 5.74) is 2.28. The summed E-state index contributed by atoms with van der Waals surface area (Å²) in [5.74, 6) is 0.198. The summed E-state index contributed by atoms with van der Waals surface area (Å²) >= 11 is 0. The Morgan fingerprint density at radius 1 is 1.27 bits per heavy atom. The normalized spacial score (nSPS) is 17.8. The highest BCUT2D eigenvalue weighted by Crippen LogP contribution is 2.24. The predicted molar refractivity (Wildman–Crippen MR) is 88.8 cm³/mol. The van der Waals surface area contributed by atoms with Gasteiger partial charge in [-0.15, -0.1) is 0 Å². The maximum Gasteiger partial charge on any atom is 0.244 e. The van der Waals surface area contributed by atoms with E-state index in [-0.39, 0.29) is 11.9 Å². The molecule has 0 aliphatic carbocycles. The molecule has 1 aliphatic heterocycles. The monoisotopic (exact) mass is 304 g/mol. The van der Waals surface area contributed by atoms with Crippen molar-refractivity contribution in [1.82, 2.24) is 9.80 Å². The summed E-state index contributed by atoms with van der Waals surface area (Å²) in [6, 6.07) is 8.06. The van der Waals surface area contributed by atoms with Crippen LogP contribution in [0.25, 0.3) is 0 Å². The first kappa shape index (κ1) is 17.0. The molecule has 0 N–H and O–H groups in total. The van der Waals surface area contributed by atoms with Crippen LogP contribution in [0, 0.1) is 6.92 Å². The molecule has 0 spiro atoms. The van der Waals surface area contributed by atoms with Crippen LogP contribution in [0.1, 0.15) is 36.9 Å². The van der Waals surface area contributed by atoms with E-state index in [9.17, 15) is 4.79 Å². The third-order valence-electron chi connectivity index (χ3n) is 4.30. The summed E-state index contributed by atoms with van der Waals surface area (Å²) in [6.07, 6.45) is 2.19. The van der Waals surface area contributed by atoms with E-state index in [4.69, 9.17) is 4.74 Å². The third-order valence-corrected chi connectivity index (χ3v) is 4.30. The van der Waals surface area contributed by atoms with Crippen LogP contribution in [0.2, 0.25) is 0 Å². The van der Waals surface area contributed by atoms with Crippen LogP contribution in [0.4, 0.5) is 0 Å². The average molecular weight is 304 g/mol. The molecular formula is C18H28N2O2. The van der Waals surface area contributed by atoms with Crippen molar-refractivity contribution < 1.29 is 9.53 Å². The Hall–Kier alpha value is -1.39. The molecule has 0 radical (unpaired) electrons. The molecule has 1 fully saturated rings. The fourth-order valence-corrected chi connectivity index (χ4v) is 3.06. The lowest BCUT2D eigenvalue weighted by Crippen LogP contribution is -2.45. The Kier molecular flexibility index (Phi) is 5.98. The highest BCUT2D eigenvalue weighted by atomic mass is 16.5. The number of hydrogen-bond donors (Lipinski definition) is 0. The fraction of sp³-hybridized carbons (Fsp3) is 0.611. The summed E-state index contributed by atoms with van der Waals surface area (Å²) in [6.45, 7) is 6.42. The molecule has 1 amide bonds. The number of amides is 1. The number of hydrogen-bond acceptors (Lipinski definition) is 3. The van der Waals surface area contributed by atoms with Gasteiger partial charge < -0.3 is 9.64 Å². The lowest BCUT2D eigenvalue weighted by Gasteiger charge is -2.36. The zero-order valence-electron chi connectivity index (χ0n) is 14.2. The molecule has 1 saturated heterocycles. The Bertz CT molecular complexity index is 476. The Morgan fingerprint density at radius 3 is 2.36 bits per heavy atom. The van der Waals surface area contributed by atoms with Crippen molar-refractivity contribution in [3.05, 3.63) is 35.4 Å². The number of piperidine rings is 1. The lowest BCUT2D eigenvalue weighted by atomic mass is 10.0. The number of carbonyl (C=O) groups excluding carboxylic acids is 1. The molecule has 1 atom stereocenters. The summed E-state index contributed by atoms with van der Waals surface area (Å²) in [7, 11) is 3.94. The molecule has 0 saturated carbocycles. The molecule has 4 heteroatoms. The molecule has 122 valence electrons. The highest BCUT2D eigenvalue weighted by molar-refractivity contribution is 5.83. The second kappa shape index (κ2) is 7.75. The Balaban J connectivity index is 2.06. The summed E-state index contributed by atoms with van der Waals surface area (Å²) < 4.78 is 5.67. The van der Waals surface area contributed by atoms with Crippen molar-refractivity contribution in [2.75, 3.05) is 33.8 Å². The number of carbonyl (C=O) groups is 1. The highest BCUT2D eigenvalue weighted by Gasteiger charge is 2.30. The van der Waals surface area contributed by atoms with Crippen LogP contribution in [-0.2, 0) is 9.53 Å². The van der Waals surface area contributed by atoms with Crippen molar-refractivity contribution in [1.29, 1.82) is 0 Å². The van der Waals surface area contributed by atoms with Crippen LogP contribution in [0.15, 0.2) is 24.3 Å². The molecule has 0 aromatic heterocycles. The SMILES string of the molecule is CCOC1CCN(C(=O)[C@H](c2ccc(C)cc2)N(C)C)CC1. The van der Waals surface area contributed by atoms with Gasteiger partial charge in [0.05, 0.1) is 6.10 Å². The molecule has 1 aromatic carbocycles. The van der Waals surface area contributed by atoms with Crippen molar-refractivity contribution in [3.8, 4) is 0 Å². The smallest absolute Gasteiger partial charge is 0.244 e. The molecule has 4 nitrogen and oxygen atoms in total. The molecule has 1 aromatic rings. The number of aryl methyl sites for hydroxylation is 1. The second-order valence-corrected chi connectivity index (χ2v) is 6.26. The standard InChI is InChI=1S/C18H28N2O2/c1-5-22-16-10-12-20(13-11-16)18(21)17(19(3)4)15-8-6-14(2)7-9-15/h6-9,16-17H,5,10-13H2,1-4H3/t17-/m0/s1. The van der Waals surface area contributed by atoms with Crippen molar-refractivity contribution >= 4 is 5.91 Å². The first-order valence-corrected chi connectivity index (χ1v) is 8.16. The van der Waals surface area contributed by atoms with E-state index in [1.54, 1.807) is 0 Å². The van der Waals surface area contributed by atoms with Gasteiger partial charge in [0.2, 0.25) is 5.91 Å². The number of rotatable bonds is 5. The van der Waals surface area contributed by atoms with E-state index in [1.165, 1.54) is 5.56 Å². The number of benzene rings is 1. The van der Waals surface area contributed by atoms with E-state index in [0.29, 0.717) is 6.10 Å². The lowest BCUT2D eigenvalue weighted by molar-refractivity contribution is -0.139. The van der Waals surface area contributed by atoms with E-state index in [0.717, 1.165) is 38.1 Å². The van der Waals surface area contributed by atoms with Gasteiger partial charge in [-0.1, -0.05) is 29.8 Å². The molecule has 22 heavy (non-hydrogen) atoms. The molecule has 1 aliphatic rings. The van der Waals surface area contributed by atoms with E-state index in [1.807, 2.05) is 30.8 Å². The van der Waals surface area contributed by atoms with Crippen LogP contribution in [0.5, 0.6) is 0 Å². The zero-order valence-corrected chi connectivity index (χ0v) is 14.2. The minimum absolute atomic E-state index is 0.198. The first-order valence-electron chi connectivity index (χ1n) is 8.16. The van der Waals surface area contributed by atoms with Crippen molar-refractivity contribution in [2.45, 2.75) is 38.8 Å². The van der Waals surface area contributed by atoms with Crippen LogP contribution in [0.3, 0.4) is 0 Å². The van der Waals surface area contributed by atoms with Gasteiger partial charge >= 0.3 is 0 Å². The molecular weight excluding hydrogens is 276 g/mol. The maximum atomic E-state index is 12.9. The summed E-state index contributed by atoms with van der Waals surface area (Å²) in [5, 5.41) is 0. The number of nitrogens with zero attached hydrogens (tertiary/aromatic N) is 2. The van der Waals surface area contributed by atoms with E-state index in [2.05, 4.69) is 31.2 Å². The van der Waals surface area contributed by atoms with Gasteiger partial charge in [0.15, 0.2) is 0 Å². The summed E-state index contributed by atoms with van der Waals surface area (Å²) in [4.78, 5) is 16.9. The van der Waals surface area contributed by atoms with Gasteiger partial charge in [-0.2, -0.15) is 0 Å². The van der Waals surface area contributed by atoms with Crippen LogP contribution in [-0.4, -0.2) is 55.6 Å². The van der Waals surface area contributed by atoms with E-state index < -0.39 is 0 Å². The average Bonchev–Trinajstić information content (AvgIpc) is 2.50. The number of likely N-dealkylation sites (tertiary alicyclic amines) is 1. The minimum atomic E-state index is -0.204. The van der Waals surface area contributed by atoms with Crippen LogP contribution < -0.4 is 0 Å². The molecule has 0 unspecified atom stereocenters. The third kappa shape index (κ3) is 4.08. The van der Waals surface area contributed by atoms with Gasteiger partial charge in [-0.05, 0) is 46.3 Å². The predicted octanol–water partition coefficient (Wildman–Crippen LogP) is 2.63. The van der Waals surface area contributed by atoms with Gasteiger partial charge in [0, 0.05) is 19.7 Å². The van der Waals surface area contributed by atoms with Crippen molar-refractivity contribution in [2.24, 2.45) is 0 Å². The topological polar surface area (TPSA) is 32.8 Å². The van der Waals surface area contributed by atoms with Gasteiger partial charge in [0.25, 0.3) is 0 Å². The largest absolute Gasteiger partial charge is 0.378 e. The second-order valence-electron chi connectivity index (χ2n) is 6.26.